The molecule has 0 amide bonds. The minimum absolute atomic E-state index is 0.159. The molecule has 2 unspecified atom stereocenters. The Morgan fingerprint density at radius 2 is 1.90 bits per heavy atom. The van der Waals surface area contributed by atoms with Crippen LogP contribution < -0.4 is 0 Å². The van der Waals surface area contributed by atoms with Gasteiger partial charge in [0.25, 0.3) is 0 Å². The van der Waals surface area contributed by atoms with Crippen molar-refractivity contribution in [3.63, 3.8) is 0 Å². The highest BCUT2D eigenvalue weighted by molar-refractivity contribution is 5.79. The van der Waals surface area contributed by atoms with E-state index in [0.717, 1.165) is 12.0 Å². The topological polar surface area (TPSA) is 46.5 Å². The van der Waals surface area contributed by atoms with E-state index in [1.165, 1.54) is 0 Å². The van der Waals surface area contributed by atoms with Gasteiger partial charge in [0.2, 0.25) is 0 Å². The number of rotatable bonds is 4. The zero-order chi connectivity index (χ0) is 15.0. The molecule has 1 fully saturated rings. The number of cyclic esters (lactones) is 1. The maximum atomic E-state index is 12.3. The Balaban J connectivity index is 2.45. The van der Waals surface area contributed by atoms with Crippen molar-refractivity contribution in [2.45, 2.75) is 58.2 Å². The molecule has 0 radical (unpaired) electrons. The van der Waals surface area contributed by atoms with E-state index < -0.39 is 16.6 Å². The van der Waals surface area contributed by atoms with E-state index >= 15 is 0 Å². The van der Waals surface area contributed by atoms with Crippen LogP contribution in [0.2, 0.25) is 0 Å². The molecular formula is C17H24O3. The monoisotopic (exact) mass is 276 g/mol. The van der Waals surface area contributed by atoms with Crippen molar-refractivity contribution < 1.29 is 14.6 Å². The van der Waals surface area contributed by atoms with Gasteiger partial charge in [-0.1, -0.05) is 37.3 Å². The van der Waals surface area contributed by atoms with Crippen molar-refractivity contribution in [2.75, 3.05) is 0 Å². The lowest BCUT2D eigenvalue weighted by Crippen LogP contribution is -2.36. The van der Waals surface area contributed by atoms with Crippen LogP contribution >= 0.6 is 0 Å². The fraction of sp³-hybridized carbons (Fsp3) is 0.588. The molecule has 20 heavy (non-hydrogen) atoms. The Hall–Kier alpha value is -1.35. The summed E-state index contributed by atoms with van der Waals surface area (Å²) in [5.74, 6) is -0.159. The molecule has 1 aromatic rings. The standard InChI is InChI=1S/C17H24O3/c1-5-16(4)12-17(20-14(16)18,11-15(2,3)19)13-9-7-6-8-10-13/h6-10,19H,5,11-12H2,1-4H3. The van der Waals surface area contributed by atoms with Crippen molar-refractivity contribution in [3.8, 4) is 0 Å². The summed E-state index contributed by atoms with van der Waals surface area (Å²) in [5.41, 5.74) is -1.12. The van der Waals surface area contributed by atoms with E-state index in [1.54, 1.807) is 13.8 Å². The summed E-state index contributed by atoms with van der Waals surface area (Å²) >= 11 is 0. The largest absolute Gasteiger partial charge is 0.454 e. The van der Waals surface area contributed by atoms with Gasteiger partial charge in [0.15, 0.2) is 0 Å². The highest BCUT2D eigenvalue weighted by atomic mass is 16.6. The summed E-state index contributed by atoms with van der Waals surface area (Å²) in [6.45, 7) is 7.47. The van der Waals surface area contributed by atoms with E-state index in [0.29, 0.717) is 12.8 Å². The molecule has 1 aliphatic rings. The summed E-state index contributed by atoms with van der Waals surface area (Å²) in [5, 5.41) is 10.2. The second-order valence-corrected chi connectivity index (χ2v) is 6.83. The van der Waals surface area contributed by atoms with Crippen molar-refractivity contribution in [1.82, 2.24) is 0 Å². The van der Waals surface area contributed by atoms with Gasteiger partial charge in [0.1, 0.15) is 5.60 Å². The molecule has 0 aliphatic carbocycles. The average molecular weight is 276 g/mol. The molecule has 0 saturated carbocycles. The molecule has 3 heteroatoms. The van der Waals surface area contributed by atoms with Crippen LogP contribution in [0, 0.1) is 5.41 Å². The zero-order valence-electron chi connectivity index (χ0n) is 12.8. The third kappa shape index (κ3) is 2.73. The predicted octanol–water partition coefficient (Wildman–Crippen LogP) is 3.41. The van der Waals surface area contributed by atoms with Crippen molar-refractivity contribution in [2.24, 2.45) is 5.41 Å². The summed E-state index contributed by atoms with van der Waals surface area (Å²) in [6.07, 6.45) is 1.76. The Labute approximate surface area is 121 Å². The molecule has 0 spiro atoms. The summed E-state index contributed by atoms with van der Waals surface area (Å²) in [6, 6.07) is 9.77. The van der Waals surface area contributed by atoms with Crippen LogP contribution in [-0.4, -0.2) is 16.7 Å². The molecule has 110 valence electrons. The maximum absolute atomic E-state index is 12.3. The van der Waals surface area contributed by atoms with Crippen LogP contribution in [0.1, 0.15) is 52.5 Å². The normalized spacial score (nSPS) is 30.4. The average Bonchev–Trinajstić information content (AvgIpc) is 2.62. The number of hydrogen-bond donors (Lipinski definition) is 1. The predicted molar refractivity (Wildman–Crippen MR) is 78.1 cm³/mol. The minimum Gasteiger partial charge on any atom is -0.454 e. The van der Waals surface area contributed by atoms with Crippen LogP contribution in [0.4, 0.5) is 0 Å². The highest BCUT2D eigenvalue weighted by Gasteiger charge is 2.55. The van der Waals surface area contributed by atoms with Gasteiger partial charge in [-0.25, -0.2) is 0 Å². The van der Waals surface area contributed by atoms with Crippen molar-refractivity contribution in [1.29, 1.82) is 0 Å². The van der Waals surface area contributed by atoms with E-state index in [4.69, 9.17) is 4.74 Å². The molecule has 2 rings (SSSR count). The third-order valence-corrected chi connectivity index (χ3v) is 4.25. The molecule has 2 atom stereocenters. The Bertz CT molecular complexity index is 489. The fourth-order valence-corrected chi connectivity index (χ4v) is 3.11. The van der Waals surface area contributed by atoms with Gasteiger partial charge in [-0.2, -0.15) is 0 Å². The van der Waals surface area contributed by atoms with Gasteiger partial charge in [-0.3, -0.25) is 4.79 Å². The first-order valence-electron chi connectivity index (χ1n) is 7.22. The maximum Gasteiger partial charge on any atom is 0.312 e. The summed E-state index contributed by atoms with van der Waals surface area (Å²) in [7, 11) is 0. The number of hydrogen-bond acceptors (Lipinski definition) is 3. The second-order valence-electron chi connectivity index (χ2n) is 6.83. The molecular weight excluding hydrogens is 252 g/mol. The molecule has 3 nitrogen and oxygen atoms in total. The highest BCUT2D eigenvalue weighted by Crippen LogP contribution is 2.51. The van der Waals surface area contributed by atoms with E-state index in [2.05, 4.69) is 0 Å². The quantitative estimate of drug-likeness (QED) is 0.857. The molecule has 1 N–H and O–H groups in total. The Morgan fingerprint density at radius 3 is 2.35 bits per heavy atom. The number of carbonyl (C=O) groups is 1. The SMILES string of the molecule is CCC1(C)CC(CC(C)(C)O)(c2ccccc2)OC1=O. The summed E-state index contributed by atoms with van der Waals surface area (Å²) < 4.78 is 5.82. The lowest BCUT2D eigenvalue weighted by molar-refractivity contribution is -0.158. The Kier molecular flexibility index (Phi) is 3.67. The smallest absolute Gasteiger partial charge is 0.312 e. The van der Waals surface area contributed by atoms with Crippen LogP contribution in [0.5, 0.6) is 0 Å². The first-order chi connectivity index (χ1) is 9.21. The van der Waals surface area contributed by atoms with Gasteiger partial charge < -0.3 is 9.84 Å². The van der Waals surface area contributed by atoms with Crippen LogP contribution in [0.3, 0.4) is 0 Å². The van der Waals surface area contributed by atoms with Gasteiger partial charge >= 0.3 is 5.97 Å². The van der Waals surface area contributed by atoms with Gasteiger partial charge in [-0.15, -0.1) is 0 Å². The molecule has 0 aromatic heterocycles. The minimum atomic E-state index is -0.894. The first-order valence-corrected chi connectivity index (χ1v) is 7.22. The van der Waals surface area contributed by atoms with Crippen LogP contribution in [-0.2, 0) is 15.1 Å². The third-order valence-electron chi connectivity index (χ3n) is 4.25. The lowest BCUT2D eigenvalue weighted by atomic mass is 9.73. The van der Waals surface area contributed by atoms with Crippen molar-refractivity contribution in [3.05, 3.63) is 35.9 Å². The zero-order valence-corrected chi connectivity index (χ0v) is 12.8. The van der Waals surface area contributed by atoms with E-state index in [1.807, 2.05) is 44.2 Å². The molecule has 0 bridgehead atoms. The van der Waals surface area contributed by atoms with Gasteiger partial charge in [-0.05, 0) is 32.8 Å². The fourth-order valence-electron chi connectivity index (χ4n) is 3.11. The number of ether oxygens (including phenoxy) is 1. The lowest BCUT2D eigenvalue weighted by Gasteiger charge is -2.34. The van der Waals surface area contributed by atoms with E-state index in [-0.39, 0.29) is 5.97 Å². The summed E-state index contributed by atoms with van der Waals surface area (Å²) in [4.78, 5) is 12.3. The Morgan fingerprint density at radius 1 is 1.30 bits per heavy atom. The molecule has 1 heterocycles. The molecule has 1 aliphatic heterocycles. The number of aliphatic hydroxyl groups is 1. The van der Waals surface area contributed by atoms with Crippen LogP contribution in [0.15, 0.2) is 30.3 Å². The number of benzene rings is 1. The first kappa shape index (κ1) is 15.0. The van der Waals surface area contributed by atoms with Gasteiger partial charge in [0, 0.05) is 12.8 Å². The number of carbonyl (C=O) groups excluding carboxylic acids is 1. The number of esters is 1. The second kappa shape index (κ2) is 4.88. The molecule has 1 aromatic carbocycles. The van der Waals surface area contributed by atoms with Crippen LogP contribution in [0.25, 0.3) is 0 Å². The molecule has 1 saturated heterocycles. The van der Waals surface area contributed by atoms with Gasteiger partial charge in [0.05, 0.1) is 11.0 Å². The van der Waals surface area contributed by atoms with Crippen molar-refractivity contribution >= 4 is 5.97 Å². The van der Waals surface area contributed by atoms with E-state index in [9.17, 15) is 9.90 Å².